The van der Waals surface area contributed by atoms with Gasteiger partial charge in [-0.2, -0.15) is 10.4 Å². The summed E-state index contributed by atoms with van der Waals surface area (Å²) in [6.45, 7) is 1.86. The van der Waals surface area contributed by atoms with Crippen molar-refractivity contribution in [3.8, 4) is 6.07 Å². The van der Waals surface area contributed by atoms with Crippen LogP contribution in [0.2, 0.25) is 0 Å². The van der Waals surface area contributed by atoms with Gasteiger partial charge in [0.1, 0.15) is 0 Å². The first-order valence-electron chi connectivity index (χ1n) is 3.61. The van der Waals surface area contributed by atoms with Gasteiger partial charge in [0.25, 0.3) is 0 Å². The maximum absolute atomic E-state index is 8.70. The molecule has 1 aromatic heterocycles. The van der Waals surface area contributed by atoms with Gasteiger partial charge in [0.05, 0.1) is 11.8 Å². The van der Waals surface area contributed by atoms with Gasteiger partial charge in [0.15, 0.2) is 6.10 Å². The summed E-state index contributed by atoms with van der Waals surface area (Å²) in [5.74, 6) is 0. The highest BCUT2D eigenvalue weighted by molar-refractivity contribution is 5.23. The Morgan fingerprint density at radius 3 is 2.75 bits per heavy atom. The van der Waals surface area contributed by atoms with E-state index in [1.165, 1.54) is 7.11 Å². The highest BCUT2D eigenvalue weighted by atomic mass is 16.5. The van der Waals surface area contributed by atoms with Gasteiger partial charge in [-0.3, -0.25) is 4.68 Å². The van der Waals surface area contributed by atoms with Gasteiger partial charge in [-0.15, -0.1) is 0 Å². The van der Waals surface area contributed by atoms with E-state index in [9.17, 15) is 0 Å². The molecule has 0 aliphatic heterocycles. The lowest BCUT2D eigenvalue weighted by atomic mass is 10.2. The number of ether oxygens (including phenoxy) is 1. The molecule has 0 aliphatic carbocycles. The van der Waals surface area contributed by atoms with Gasteiger partial charge in [-0.25, -0.2) is 0 Å². The molecule has 64 valence electrons. The summed E-state index contributed by atoms with van der Waals surface area (Å²) in [5.41, 5.74) is 1.67. The van der Waals surface area contributed by atoms with Gasteiger partial charge < -0.3 is 4.74 Å². The quantitative estimate of drug-likeness (QED) is 0.655. The maximum atomic E-state index is 8.70. The molecule has 0 amide bonds. The van der Waals surface area contributed by atoms with Crippen molar-refractivity contribution >= 4 is 0 Å². The molecule has 12 heavy (non-hydrogen) atoms. The molecule has 0 bridgehead atoms. The van der Waals surface area contributed by atoms with Crippen molar-refractivity contribution in [2.75, 3.05) is 7.11 Å². The van der Waals surface area contributed by atoms with E-state index in [1.807, 2.05) is 20.0 Å². The van der Waals surface area contributed by atoms with E-state index in [0.29, 0.717) is 0 Å². The van der Waals surface area contributed by atoms with Crippen molar-refractivity contribution in [2.45, 2.75) is 13.0 Å². The molecular weight excluding hydrogens is 154 g/mol. The van der Waals surface area contributed by atoms with E-state index in [4.69, 9.17) is 10.00 Å². The summed E-state index contributed by atoms with van der Waals surface area (Å²) in [5, 5.41) is 12.8. The normalized spacial score (nSPS) is 12.5. The molecule has 1 rings (SSSR count). The fraction of sp³-hybridized carbons (Fsp3) is 0.500. The Kier molecular flexibility index (Phi) is 2.46. The average molecular weight is 165 g/mol. The number of nitrogens with zero attached hydrogens (tertiary/aromatic N) is 3. The van der Waals surface area contributed by atoms with E-state index < -0.39 is 6.10 Å². The monoisotopic (exact) mass is 165 g/mol. The van der Waals surface area contributed by atoms with Crippen LogP contribution in [0.1, 0.15) is 17.4 Å². The molecule has 0 saturated carbocycles. The lowest BCUT2D eigenvalue weighted by molar-refractivity contribution is 0.148. The number of aryl methyl sites for hydroxylation is 2. The zero-order chi connectivity index (χ0) is 9.14. The van der Waals surface area contributed by atoms with Crippen molar-refractivity contribution in [3.63, 3.8) is 0 Å². The second-order valence-electron chi connectivity index (χ2n) is 2.59. The molecule has 0 radical (unpaired) electrons. The highest BCUT2D eigenvalue weighted by Crippen LogP contribution is 2.17. The van der Waals surface area contributed by atoms with Crippen LogP contribution in [0.15, 0.2) is 6.20 Å². The smallest absolute Gasteiger partial charge is 0.171 e. The molecule has 1 unspecified atom stereocenters. The SMILES string of the molecule is COC(C#N)c1cn(C)nc1C. The fourth-order valence-electron chi connectivity index (χ4n) is 1.12. The third-order valence-electron chi connectivity index (χ3n) is 1.69. The molecule has 4 heteroatoms. The molecule has 0 spiro atoms. The summed E-state index contributed by atoms with van der Waals surface area (Å²) in [6, 6.07) is 2.05. The van der Waals surface area contributed by atoms with Crippen molar-refractivity contribution in [1.29, 1.82) is 5.26 Å². The second kappa shape index (κ2) is 3.37. The molecule has 0 aromatic carbocycles. The van der Waals surface area contributed by atoms with Crippen LogP contribution in [0.25, 0.3) is 0 Å². The van der Waals surface area contributed by atoms with E-state index in [1.54, 1.807) is 10.9 Å². The first-order chi connectivity index (χ1) is 5.69. The number of hydrogen-bond acceptors (Lipinski definition) is 3. The standard InChI is InChI=1S/C8H11N3O/c1-6-7(5-11(2)10-6)8(4-9)12-3/h5,8H,1-3H3. The molecule has 0 fully saturated rings. The Morgan fingerprint density at radius 2 is 2.42 bits per heavy atom. The van der Waals surface area contributed by atoms with E-state index in [2.05, 4.69) is 5.10 Å². The minimum absolute atomic E-state index is 0.501. The van der Waals surface area contributed by atoms with Gasteiger partial charge in [0, 0.05) is 25.9 Å². The van der Waals surface area contributed by atoms with Crippen molar-refractivity contribution in [3.05, 3.63) is 17.5 Å². The summed E-state index contributed by atoms with van der Waals surface area (Å²) < 4.78 is 6.64. The molecule has 4 nitrogen and oxygen atoms in total. The molecule has 0 saturated heterocycles. The minimum Gasteiger partial charge on any atom is -0.362 e. The van der Waals surface area contributed by atoms with Crippen LogP contribution in [0.3, 0.4) is 0 Å². The molecular formula is C8H11N3O. The summed E-state index contributed by atoms with van der Waals surface area (Å²) in [4.78, 5) is 0. The predicted molar refractivity (Wildman–Crippen MR) is 43.3 cm³/mol. The van der Waals surface area contributed by atoms with Crippen LogP contribution >= 0.6 is 0 Å². The highest BCUT2D eigenvalue weighted by Gasteiger charge is 2.14. The lowest BCUT2D eigenvalue weighted by Gasteiger charge is -2.03. The van der Waals surface area contributed by atoms with Gasteiger partial charge >= 0.3 is 0 Å². The number of rotatable bonds is 2. The third kappa shape index (κ3) is 1.46. The predicted octanol–water partition coefficient (Wildman–Crippen LogP) is 0.940. The molecule has 1 atom stereocenters. The fourth-order valence-corrected chi connectivity index (χ4v) is 1.12. The van der Waals surface area contributed by atoms with E-state index >= 15 is 0 Å². The van der Waals surface area contributed by atoms with E-state index in [-0.39, 0.29) is 0 Å². The Hall–Kier alpha value is -1.34. The molecule has 0 N–H and O–H groups in total. The second-order valence-corrected chi connectivity index (χ2v) is 2.59. The number of aromatic nitrogens is 2. The molecule has 1 heterocycles. The Balaban J connectivity index is 3.02. The van der Waals surface area contributed by atoms with Gasteiger partial charge in [0.2, 0.25) is 0 Å². The first-order valence-corrected chi connectivity index (χ1v) is 3.61. The van der Waals surface area contributed by atoms with Crippen LogP contribution in [0.5, 0.6) is 0 Å². The van der Waals surface area contributed by atoms with Crippen LogP contribution in [-0.4, -0.2) is 16.9 Å². The van der Waals surface area contributed by atoms with Crippen molar-refractivity contribution < 1.29 is 4.74 Å². The molecule has 1 aromatic rings. The van der Waals surface area contributed by atoms with Crippen molar-refractivity contribution in [2.24, 2.45) is 7.05 Å². The Bertz CT molecular complexity index is 311. The van der Waals surface area contributed by atoms with Gasteiger partial charge in [-0.1, -0.05) is 0 Å². The van der Waals surface area contributed by atoms with Crippen LogP contribution < -0.4 is 0 Å². The summed E-state index contributed by atoms with van der Waals surface area (Å²) >= 11 is 0. The van der Waals surface area contributed by atoms with Crippen LogP contribution in [0.4, 0.5) is 0 Å². The number of methoxy groups -OCH3 is 1. The lowest BCUT2D eigenvalue weighted by Crippen LogP contribution is -1.98. The molecule has 0 aliphatic rings. The largest absolute Gasteiger partial charge is 0.362 e. The zero-order valence-electron chi connectivity index (χ0n) is 7.40. The minimum atomic E-state index is -0.501. The Morgan fingerprint density at radius 1 is 1.75 bits per heavy atom. The van der Waals surface area contributed by atoms with Gasteiger partial charge in [-0.05, 0) is 6.92 Å². The van der Waals surface area contributed by atoms with Crippen molar-refractivity contribution in [1.82, 2.24) is 9.78 Å². The first kappa shape index (κ1) is 8.75. The average Bonchev–Trinajstić information content (AvgIpc) is 2.34. The maximum Gasteiger partial charge on any atom is 0.171 e. The summed E-state index contributed by atoms with van der Waals surface area (Å²) in [7, 11) is 3.33. The Labute approximate surface area is 71.4 Å². The van der Waals surface area contributed by atoms with Crippen LogP contribution in [-0.2, 0) is 11.8 Å². The summed E-state index contributed by atoms with van der Waals surface area (Å²) in [6.07, 6.45) is 1.30. The zero-order valence-corrected chi connectivity index (χ0v) is 7.40. The van der Waals surface area contributed by atoms with E-state index in [0.717, 1.165) is 11.3 Å². The number of hydrogen-bond donors (Lipinski definition) is 0. The number of nitriles is 1. The topological polar surface area (TPSA) is 50.8 Å². The third-order valence-corrected chi connectivity index (χ3v) is 1.69. The van der Waals surface area contributed by atoms with Crippen LogP contribution in [0, 0.1) is 18.3 Å².